The molecule has 3 rings (SSSR count). The quantitative estimate of drug-likeness (QED) is 0.504. The number of benzene rings is 1. The molecule has 30 heavy (non-hydrogen) atoms. The van der Waals surface area contributed by atoms with Crippen molar-refractivity contribution in [2.24, 2.45) is 0 Å². The van der Waals surface area contributed by atoms with E-state index in [4.69, 9.17) is 20.2 Å². The summed E-state index contributed by atoms with van der Waals surface area (Å²) in [6.07, 6.45) is 0. The molecule has 0 saturated heterocycles. The summed E-state index contributed by atoms with van der Waals surface area (Å²) in [4.78, 5) is 17.9. The van der Waals surface area contributed by atoms with Crippen LogP contribution in [0.3, 0.4) is 0 Å². The molecule has 3 aromatic rings. The Morgan fingerprint density at radius 2 is 1.23 bits per heavy atom. The lowest BCUT2D eigenvalue weighted by Crippen LogP contribution is -2.27. The highest BCUT2D eigenvalue weighted by molar-refractivity contribution is 5.84. The van der Waals surface area contributed by atoms with E-state index in [1.807, 2.05) is 0 Å². The zero-order valence-corrected chi connectivity index (χ0v) is 19.1. The molecule has 162 valence electrons. The van der Waals surface area contributed by atoms with Gasteiger partial charge in [0, 0.05) is 45.0 Å². The minimum Gasteiger partial charge on any atom is -0.372 e. The first-order chi connectivity index (χ1) is 14.6. The first kappa shape index (κ1) is 21.8. The first-order valence-corrected chi connectivity index (χ1v) is 11.1. The van der Waals surface area contributed by atoms with E-state index in [-0.39, 0.29) is 0 Å². The largest absolute Gasteiger partial charge is 0.372 e. The maximum atomic E-state index is 4.87. The highest BCUT2D eigenvalue weighted by atomic mass is 15.5. The fourth-order valence-corrected chi connectivity index (χ4v) is 3.68. The van der Waals surface area contributed by atoms with E-state index < -0.39 is 0 Å². The van der Waals surface area contributed by atoms with Crippen molar-refractivity contribution < 1.29 is 0 Å². The SMILES string of the molecule is CCN(CC)c1ccc(-n2nc3nc(N(CC)CC)nc(N(CC)CC)c3n2)cc1. The molecule has 0 radical (unpaired) electrons. The summed E-state index contributed by atoms with van der Waals surface area (Å²) < 4.78 is 0. The third kappa shape index (κ3) is 4.17. The molecule has 0 bridgehead atoms. The molecular weight excluding hydrogens is 376 g/mol. The number of anilines is 3. The molecule has 1 aromatic carbocycles. The molecule has 0 saturated carbocycles. The summed E-state index contributed by atoms with van der Waals surface area (Å²) in [5, 5.41) is 9.48. The van der Waals surface area contributed by atoms with Crippen molar-refractivity contribution in [1.82, 2.24) is 25.0 Å². The second-order valence-corrected chi connectivity index (χ2v) is 7.04. The summed E-state index contributed by atoms with van der Waals surface area (Å²) in [5.41, 5.74) is 3.48. The molecule has 8 nitrogen and oxygen atoms in total. The van der Waals surface area contributed by atoms with Gasteiger partial charge in [0.1, 0.15) is 0 Å². The van der Waals surface area contributed by atoms with Gasteiger partial charge in [-0.15, -0.1) is 15.0 Å². The molecule has 0 amide bonds. The number of hydrogen-bond donors (Lipinski definition) is 0. The highest BCUT2D eigenvalue weighted by Gasteiger charge is 2.20. The Morgan fingerprint density at radius 1 is 0.667 bits per heavy atom. The van der Waals surface area contributed by atoms with E-state index in [1.165, 1.54) is 5.69 Å². The molecule has 0 spiro atoms. The van der Waals surface area contributed by atoms with Crippen molar-refractivity contribution in [1.29, 1.82) is 0 Å². The van der Waals surface area contributed by atoms with Crippen LogP contribution in [0.15, 0.2) is 24.3 Å². The molecule has 0 fully saturated rings. The summed E-state index contributed by atoms with van der Waals surface area (Å²) >= 11 is 0. The molecule has 8 heteroatoms. The summed E-state index contributed by atoms with van der Waals surface area (Å²) in [6.45, 7) is 18.2. The van der Waals surface area contributed by atoms with Crippen molar-refractivity contribution in [3.8, 4) is 5.69 Å². The lowest BCUT2D eigenvalue weighted by molar-refractivity contribution is 0.761. The van der Waals surface area contributed by atoms with Crippen molar-refractivity contribution in [3.63, 3.8) is 0 Å². The monoisotopic (exact) mass is 410 g/mol. The molecule has 0 aliphatic heterocycles. The molecule has 0 aliphatic carbocycles. The molecule has 0 unspecified atom stereocenters. The van der Waals surface area contributed by atoms with Crippen LogP contribution in [0, 0.1) is 0 Å². The molecule has 2 heterocycles. The molecule has 2 aromatic heterocycles. The van der Waals surface area contributed by atoms with Gasteiger partial charge in [-0.2, -0.15) is 9.97 Å². The third-order valence-corrected chi connectivity index (χ3v) is 5.54. The van der Waals surface area contributed by atoms with Gasteiger partial charge in [0.05, 0.1) is 5.69 Å². The van der Waals surface area contributed by atoms with Crippen LogP contribution in [0.25, 0.3) is 16.9 Å². The zero-order valence-electron chi connectivity index (χ0n) is 19.1. The van der Waals surface area contributed by atoms with Crippen LogP contribution in [0.4, 0.5) is 17.5 Å². The van der Waals surface area contributed by atoms with E-state index in [1.54, 1.807) is 4.80 Å². The Labute approximate surface area is 179 Å². The fourth-order valence-electron chi connectivity index (χ4n) is 3.68. The summed E-state index contributed by atoms with van der Waals surface area (Å²) in [6, 6.07) is 8.36. The van der Waals surface area contributed by atoms with E-state index in [0.717, 1.165) is 56.3 Å². The van der Waals surface area contributed by atoms with Crippen LogP contribution in [-0.4, -0.2) is 64.2 Å². The Bertz CT molecular complexity index is 938. The van der Waals surface area contributed by atoms with Gasteiger partial charge < -0.3 is 14.7 Å². The second-order valence-electron chi connectivity index (χ2n) is 7.04. The topological polar surface area (TPSA) is 66.2 Å². The van der Waals surface area contributed by atoms with Gasteiger partial charge in [-0.25, -0.2) is 0 Å². The van der Waals surface area contributed by atoms with Crippen molar-refractivity contribution in [2.75, 3.05) is 54.0 Å². The predicted molar refractivity (Wildman–Crippen MR) is 125 cm³/mol. The average Bonchev–Trinajstić information content (AvgIpc) is 3.21. The number of fused-ring (bicyclic) bond motifs is 1. The maximum absolute atomic E-state index is 4.87. The smallest absolute Gasteiger partial charge is 0.229 e. The van der Waals surface area contributed by atoms with Gasteiger partial charge in [-0.05, 0) is 65.8 Å². The Kier molecular flexibility index (Phi) is 7.07. The summed E-state index contributed by atoms with van der Waals surface area (Å²) in [7, 11) is 0. The normalized spacial score (nSPS) is 11.1. The molecule has 0 N–H and O–H groups in total. The van der Waals surface area contributed by atoms with E-state index >= 15 is 0 Å². The van der Waals surface area contributed by atoms with E-state index in [9.17, 15) is 0 Å². The first-order valence-electron chi connectivity index (χ1n) is 11.1. The van der Waals surface area contributed by atoms with Crippen molar-refractivity contribution >= 4 is 28.6 Å². The molecule has 0 atom stereocenters. The maximum Gasteiger partial charge on any atom is 0.229 e. The van der Waals surface area contributed by atoms with Crippen LogP contribution in [0.2, 0.25) is 0 Å². The average molecular weight is 411 g/mol. The number of nitrogens with zero attached hydrogens (tertiary/aromatic N) is 8. The van der Waals surface area contributed by atoms with Crippen LogP contribution in [0.1, 0.15) is 41.5 Å². The predicted octanol–water partition coefficient (Wildman–Crippen LogP) is 3.75. The lowest BCUT2D eigenvalue weighted by Gasteiger charge is -2.23. The number of hydrogen-bond acceptors (Lipinski definition) is 7. The van der Waals surface area contributed by atoms with Crippen molar-refractivity contribution in [3.05, 3.63) is 24.3 Å². The van der Waals surface area contributed by atoms with Gasteiger partial charge in [-0.1, -0.05) is 0 Å². The van der Waals surface area contributed by atoms with Gasteiger partial charge in [0.2, 0.25) is 11.6 Å². The van der Waals surface area contributed by atoms with Crippen LogP contribution in [0.5, 0.6) is 0 Å². The van der Waals surface area contributed by atoms with Gasteiger partial charge in [-0.3, -0.25) is 0 Å². The standard InChI is InChI=1S/C22H34N8/c1-7-27(8-2)17-13-15-18(16-14-17)30-25-19-20(26-30)23-22(29(11-5)12-6)24-21(19)28(9-3)10-4/h13-16H,7-12H2,1-6H3. The Morgan fingerprint density at radius 3 is 1.77 bits per heavy atom. The van der Waals surface area contributed by atoms with Crippen molar-refractivity contribution in [2.45, 2.75) is 41.5 Å². The number of aromatic nitrogens is 5. The molecular formula is C22H34N8. The number of rotatable bonds is 10. The lowest BCUT2D eigenvalue weighted by atomic mass is 10.2. The Hall–Kier alpha value is -2.90. The van der Waals surface area contributed by atoms with Crippen LogP contribution < -0.4 is 14.7 Å². The van der Waals surface area contributed by atoms with E-state index in [2.05, 4.69) is 80.5 Å². The van der Waals surface area contributed by atoms with Crippen LogP contribution in [-0.2, 0) is 0 Å². The highest BCUT2D eigenvalue weighted by Crippen LogP contribution is 2.25. The van der Waals surface area contributed by atoms with Crippen LogP contribution >= 0.6 is 0 Å². The fraction of sp³-hybridized carbons (Fsp3) is 0.545. The minimum absolute atomic E-state index is 0.626. The zero-order chi connectivity index (χ0) is 21.7. The minimum atomic E-state index is 0.626. The van der Waals surface area contributed by atoms with Gasteiger partial charge in [0.25, 0.3) is 0 Å². The van der Waals surface area contributed by atoms with Gasteiger partial charge in [0.15, 0.2) is 11.3 Å². The third-order valence-electron chi connectivity index (χ3n) is 5.54. The second kappa shape index (κ2) is 9.73. The summed E-state index contributed by atoms with van der Waals surface area (Å²) in [5.74, 6) is 1.55. The van der Waals surface area contributed by atoms with E-state index in [0.29, 0.717) is 11.6 Å². The Balaban J connectivity index is 2.08. The van der Waals surface area contributed by atoms with Gasteiger partial charge >= 0.3 is 0 Å². The molecule has 0 aliphatic rings.